The molecule has 0 saturated heterocycles. The zero-order chi connectivity index (χ0) is 20.1. The number of hydrogen-bond acceptors (Lipinski definition) is 2. The van der Waals surface area contributed by atoms with E-state index in [9.17, 15) is 0 Å². The molecule has 0 radical (unpaired) electrons. The highest BCUT2D eigenvalue weighted by molar-refractivity contribution is 6.04. The van der Waals surface area contributed by atoms with E-state index in [0.29, 0.717) is 0 Å². The van der Waals surface area contributed by atoms with Crippen molar-refractivity contribution in [1.82, 2.24) is 0 Å². The molecule has 0 heterocycles. The predicted octanol–water partition coefficient (Wildman–Crippen LogP) is 2.12. The molecule has 0 bridgehead atoms. The van der Waals surface area contributed by atoms with Crippen LogP contribution in [-0.2, 0) is 0 Å². The summed E-state index contributed by atoms with van der Waals surface area (Å²) in [6.45, 7) is 1.93. The number of hydrogen-bond donors (Lipinski definition) is 0. The van der Waals surface area contributed by atoms with Crippen LogP contribution in [0.25, 0.3) is 5.57 Å². The lowest BCUT2D eigenvalue weighted by Crippen LogP contribution is -3.00. The lowest BCUT2D eigenvalue weighted by molar-refractivity contribution is -0.462. The molecule has 2 aromatic rings. The maximum atomic E-state index is 4.37. The summed E-state index contributed by atoms with van der Waals surface area (Å²) in [5.74, 6) is 0. The topological polar surface area (TPSA) is 18.6 Å². The van der Waals surface area contributed by atoms with E-state index in [1.54, 1.807) is 0 Å². The van der Waals surface area contributed by atoms with Crippen LogP contribution in [0.4, 0.5) is 11.4 Å². The summed E-state index contributed by atoms with van der Waals surface area (Å²) in [5.41, 5.74) is 8.17. The van der Waals surface area contributed by atoms with E-state index in [1.165, 1.54) is 33.7 Å². The van der Waals surface area contributed by atoms with E-state index in [2.05, 4.69) is 115 Å². The monoisotopic (exact) mass is 405 g/mol. The molecule has 3 rings (SSSR count). The van der Waals surface area contributed by atoms with Crippen molar-refractivity contribution in [3.8, 4) is 0 Å². The second kappa shape index (κ2) is 10.0. The van der Waals surface area contributed by atoms with Crippen molar-refractivity contribution in [3.05, 3.63) is 89.5 Å². The molecule has 0 spiro atoms. The van der Waals surface area contributed by atoms with Crippen LogP contribution in [0.5, 0.6) is 0 Å². The van der Waals surface area contributed by atoms with E-state index in [4.69, 9.17) is 0 Å². The third-order valence-electron chi connectivity index (χ3n) is 4.78. The molecule has 0 aliphatic heterocycles. The van der Waals surface area contributed by atoms with Crippen LogP contribution < -0.4 is 17.3 Å². The van der Waals surface area contributed by atoms with Crippen molar-refractivity contribution in [1.29, 1.82) is 0 Å². The molecule has 0 amide bonds. The van der Waals surface area contributed by atoms with Crippen LogP contribution >= 0.6 is 0 Å². The molecule has 3 nitrogen and oxygen atoms in total. The Hall–Kier alpha value is -2.91. The van der Waals surface area contributed by atoms with Gasteiger partial charge in [0.25, 0.3) is 0 Å². The van der Waals surface area contributed by atoms with E-state index in [-0.39, 0.29) is 12.4 Å². The largest absolute Gasteiger partial charge is 1.00 e. The molecule has 29 heavy (non-hydrogen) atoms. The van der Waals surface area contributed by atoms with E-state index >= 15 is 0 Å². The van der Waals surface area contributed by atoms with Crippen LogP contribution in [0.3, 0.4) is 0 Å². The van der Waals surface area contributed by atoms with Crippen LogP contribution in [0.2, 0.25) is 0 Å². The summed E-state index contributed by atoms with van der Waals surface area (Å²) in [5, 5.41) is 0. The number of aliphatic imine (C=N–C) groups is 1. The fourth-order valence-corrected chi connectivity index (χ4v) is 3.22. The zero-order valence-corrected chi connectivity index (χ0v) is 18.5. The maximum Gasteiger partial charge on any atom is 0.199 e. The van der Waals surface area contributed by atoms with Gasteiger partial charge in [0.1, 0.15) is 14.1 Å². The Morgan fingerprint density at radius 1 is 0.828 bits per heavy atom. The van der Waals surface area contributed by atoms with E-state index in [0.717, 1.165) is 5.69 Å². The number of anilines is 1. The number of nitrogens with zero attached hydrogens (tertiary/aromatic N) is 3. The first-order valence-electron chi connectivity index (χ1n) is 9.51. The van der Waals surface area contributed by atoms with E-state index < -0.39 is 0 Å². The van der Waals surface area contributed by atoms with Gasteiger partial charge >= 0.3 is 0 Å². The lowest BCUT2D eigenvalue weighted by Gasteiger charge is -2.16. The Labute approximate surface area is 180 Å². The van der Waals surface area contributed by atoms with Gasteiger partial charge in [-0.15, -0.1) is 0 Å². The van der Waals surface area contributed by atoms with Gasteiger partial charge in [-0.05, 0) is 65.6 Å². The Kier molecular flexibility index (Phi) is 7.74. The molecule has 1 aliphatic carbocycles. The minimum atomic E-state index is 0. The molecule has 0 unspecified atom stereocenters. The second-order valence-electron chi connectivity index (χ2n) is 7.19. The quantitative estimate of drug-likeness (QED) is 0.563. The smallest absolute Gasteiger partial charge is 0.199 e. The predicted molar refractivity (Wildman–Crippen MR) is 122 cm³/mol. The van der Waals surface area contributed by atoms with Crippen molar-refractivity contribution in [2.45, 2.75) is 6.92 Å². The van der Waals surface area contributed by atoms with Gasteiger partial charge < -0.3 is 17.3 Å². The van der Waals surface area contributed by atoms with Crippen molar-refractivity contribution in [2.75, 3.05) is 33.1 Å². The average Bonchev–Trinajstić information content (AvgIpc) is 2.70. The molecule has 0 saturated carbocycles. The van der Waals surface area contributed by atoms with Crippen molar-refractivity contribution < 1.29 is 17.0 Å². The lowest BCUT2D eigenvalue weighted by atomic mass is 9.90. The normalized spacial score (nSPS) is 12.9. The molecule has 0 atom stereocenters. The van der Waals surface area contributed by atoms with Gasteiger partial charge in [0.2, 0.25) is 0 Å². The van der Waals surface area contributed by atoms with Gasteiger partial charge in [0.15, 0.2) is 5.71 Å². The van der Waals surface area contributed by atoms with Crippen molar-refractivity contribution in [2.24, 2.45) is 4.99 Å². The summed E-state index contributed by atoms with van der Waals surface area (Å²) >= 11 is 0. The first kappa shape index (κ1) is 22.4. The van der Waals surface area contributed by atoms with Crippen LogP contribution in [0.15, 0.2) is 83.4 Å². The number of rotatable bonds is 4. The van der Waals surface area contributed by atoms with Crippen LogP contribution in [0.1, 0.15) is 18.1 Å². The molecule has 0 aromatic heterocycles. The average molecular weight is 406 g/mol. The second-order valence-corrected chi connectivity index (χ2v) is 7.19. The maximum absolute atomic E-state index is 4.37. The van der Waals surface area contributed by atoms with Gasteiger partial charge in [-0.25, -0.2) is 4.58 Å². The molecule has 0 N–H and O–H groups in total. The number of halogens is 1. The summed E-state index contributed by atoms with van der Waals surface area (Å²) in [6.07, 6.45) is 10.5. The van der Waals surface area contributed by atoms with Gasteiger partial charge in [-0.2, -0.15) is 0 Å². The zero-order valence-electron chi connectivity index (χ0n) is 17.7. The fourth-order valence-electron chi connectivity index (χ4n) is 3.22. The van der Waals surface area contributed by atoms with Gasteiger partial charge in [-0.3, -0.25) is 4.99 Å². The summed E-state index contributed by atoms with van der Waals surface area (Å²) < 4.78 is 2.12. The summed E-state index contributed by atoms with van der Waals surface area (Å²) in [6, 6.07) is 17.2. The minimum absolute atomic E-state index is 0. The molecule has 150 valence electrons. The molecule has 2 aromatic carbocycles. The van der Waals surface area contributed by atoms with Gasteiger partial charge in [0.05, 0.1) is 5.69 Å². The standard InChI is InChI=1S/C25H28N3.ClH/c1-6-26-22-13-7-19(8-14-22)25(20-9-15-23(16-10-20)27(2)3)21-11-17-24(18-12-21)28(4)5;/h6-18H,1-5H3;1H/q+1;/p-1. The van der Waals surface area contributed by atoms with Crippen molar-refractivity contribution >= 4 is 28.9 Å². The van der Waals surface area contributed by atoms with Crippen LogP contribution in [-0.4, -0.2) is 44.7 Å². The highest BCUT2D eigenvalue weighted by Gasteiger charge is 2.13. The molecule has 4 heteroatoms. The fraction of sp³-hybridized carbons (Fsp3) is 0.200. The van der Waals surface area contributed by atoms with Crippen LogP contribution in [0, 0.1) is 0 Å². The summed E-state index contributed by atoms with van der Waals surface area (Å²) in [4.78, 5) is 6.49. The molecular formula is C25H28ClN3. The third-order valence-corrected chi connectivity index (χ3v) is 4.78. The highest BCUT2D eigenvalue weighted by Crippen LogP contribution is 2.31. The Bertz CT molecular complexity index is 967. The van der Waals surface area contributed by atoms with Gasteiger partial charge in [0, 0.05) is 38.1 Å². The van der Waals surface area contributed by atoms with E-state index in [1.807, 2.05) is 13.1 Å². The third kappa shape index (κ3) is 5.33. The Morgan fingerprint density at radius 3 is 1.79 bits per heavy atom. The number of allylic oxidation sites excluding steroid dienone is 5. The van der Waals surface area contributed by atoms with Gasteiger partial charge in [-0.1, -0.05) is 24.3 Å². The Balaban J connectivity index is 0.00000300. The highest BCUT2D eigenvalue weighted by atomic mass is 35.5. The Morgan fingerprint density at radius 2 is 1.34 bits per heavy atom. The first-order chi connectivity index (χ1) is 13.5. The minimum Gasteiger partial charge on any atom is -1.00 e. The SMILES string of the molecule is CC=Nc1ccc(C(=C2C=CC(=[N+](C)C)C=C2)c2ccc(N(C)C)cc2)cc1.[Cl-]. The first-order valence-corrected chi connectivity index (χ1v) is 9.51. The summed E-state index contributed by atoms with van der Waals surface area (Å²) in [7, 11) is 8.25. The molecular weight excluding hydrogens is 378 g/mol. The van der Waals surface area contributed by atoms with Crippen molar-refractivity contribution in [3.63, 3.8) is 0 Å². The molecule has 1 aliphatic rings. The molecule has 0 fully saturated rings. The number of benzene rings is 2.